The summed E-state index contributed by atoms with van der Waals surface area (Å²) in [6.45, 7) is 5.09. The summed E-state index contributed by atoms with van der Waals surface area (Å²) >= 11 is 0. The highest BCUT2D eigenvalue weighted by Crippen LogP contribution is 2.53. The molecule has 0 aromatic heterocycles. The lowest BCUT2D eigenvalue weighted by molar-refractivity contribution is -0.118. The Labute approximate surface area is 128 Å². The van der Waals surface area contributed by atoms with Crippen molar-refractivity contribution in [3.05, 3.63) is 35.4 Å². The molecule has 2 aliphatic rings. The van der Waals surface area contributed by atoms with Crippen molar-refractivity contribution in [3.8, 4) is 0 Å². The molecule has 4 atom stereocenters. The maximum atomic E-state index is 11.7. The normalized spacial score (nSPS) is 39.8. The second kappa shape index (κ2) is 5.40. The van der Waals surface area contributed by atoms with Crippen molar-refractivity contribution < 1.29 is 5.11 Å². The Morgan fingerprint density at radius 2 is 2.00 bits per heavy atom. The molecule has 2 heteroatoms. The molecule has 0 amide bonds. The molecular formula is C19H29NO. The molecule has 0 bridgehead atoms. The van der Waals surface area contributed by atoms with Gasteiger partial charge in [-0.15, -0.1) is 0 Å². The molecule has 0 radical (unpaired) electrons. The van der Waals surface area contributed by atoms with Crippen molar-refractivity contribution in [1.29, 1.82) is 0 Å². The molecule has 4 unspecified atom stereocenters. The Kier molecular flexibility index (Phi) is 3.87. The van der Waals surface area contributed by atoms with Crippen LogP contribution < -0.4 is 5.73 Å². The summed E-state index contributed by atoms with van der Waals surface area (Å²) in [5.41, 5.74) is 8.13. The van der Waals surface area contributed by atoms with Gasteiger partial charge in [0.1, 0.15) is 0 Å². The van der Waals surface area contributed by atoms with Crippen LogP contribution in [0.1, 0.15) is 57.1 Å². The van der Waals surface area contributed by atoms with E-state index >= 15 is 0 Å². The van der Waals surface area contributed by atoms with E-state index in [9.17, 15) is 5.11 Å². The number of hydrogen-bond acceptors (Lipinski definition) is 2. The summed E-state index contributed by atoms with van der Waals surface area (Å²) in [5, 5.41) is 11.7. The molecule has 0 saturated heterocycles. The minimum absolute atomic E-state index is 0.249. The van der Waals surface area contributed by atoms with E-state index in [4.69, 9.17) is 5.73 Å². The molecule has 1 aromatic carbocycles. The molecule has 3 N–H and O–H groups in total. The first-order valence-corrected chi connectivity index (χ1v) is 8.54. The molecule has 116 valence electrons. The van der Waals surface area contributed by atoms with Gasteiger partial charge in [0.15, 0.2) is 0 Å². The van der Waals surface area contributed by atoms with E-state index in [1.54, 1.807) is 0 Å². The topological polar surface area (TPSA) is 46.2 Å². The highest BCUT2D eigenvalue weighted by Gasteiger charge is 2.55. The van der Waals surface area contributed by atoms with Gasteiger partial charge in [0.2, 0.25) is 0 Å². The highest BCUT2D eigenvalue weighted by atomic mass is 16.3. The Bertz CT molecular complexity index is 514. The average molecular weight is 287 g/mol. The van der Waals surface area contributed by atoms with Crippen LogP contribution in [0.2, 0.25) is 0 Å². The Morgan fingerprint density at radius 3 is 2.71 bits per heavy atom. The van der Waals surface area contributed by atoms with E-state index in [1.165, 1.54) is 11.1 Å². The Hall–Kier alpha value is -0.860. The average Bonchev–Trinajstić information content (AvgIpc) is 2.50. The van der Waals surface area contributed by atoms with Crippen molar-refractivity contribution in [3.63, 3.8) is 0 Å². The molecule has 1 fully saturated rings. The first-order chi connectivity index (χ1) is 10.0. The third-order valence-corrected chi connectivity index (χ3v) is 6.35. The van der Waals surface area contributed by atoms with E-state index in [1.807, 2.05) is 0 Å². The second-order valence-electron chi connectivity index (χ2n) is 7.50. The highest BCUT2D eigenvalue weighted by molar-refractivity contribution is 5.41. The Morgan fingerprint density at radius 1 is 1.24 bits per heavy atom. The summed E-state index contributed by atoms with van der Waals surface area (Å²) in [6, 6.07) is 8.65. The fraction of sp³-hybridized carbons (Fsp3) is 0.684. The van der Waals surface area contributed by atoms with Crippen LogP contribution in [-0.2, 0) is 11.8 Å². The van der Waals surface area contributed by atoms with Crippen LogP contribution in [0, 0.1) is 11.8 Å². The Balaban J connectivity index is 2.09. The lowest BCUT2D eigenvalue weighted by Crippen LogP contribution is -2.62. The summed E-state index contributed by atoms with van der Waals surface area (Å²) in [6.07, 6.45) is 6.40. The standard InChI is InChI=1S/C19H29NO/c1-14-9-11-19(21,15(2)12-14)18(13-20)10-5-7-16-6-3-4-8-17(16)18/h3-4,6,8,14-15,21H,5,7,9-13,20H2,1-2H3. The lowest BCUT2D eigenvalue weighted by atomic mass is 9.53. The van der Waals surface area contributed by atoms with Gasteiger partial charge in [0.05, 0.1) is 5.60 Å². The molecule has 2 aliphatic carbocycles. The SMILES string of the molecule is CC1CCC(O)(C2(CN)CCCc3ccccc32)C(C)C1. The van der Waals surface area contributed by atoms with Crippen molar-refractivity contribution in [2.24, 2.45) is 17.6 Å². The number of rotatable bonds is 2. The minimum atomic E-state index is -0.648. The van der Waals surface area contributed by atoms with Crippen molar-refractivity contribution in [2.45, 2.75) is 63.4 Å². The van der Waals surface area contributed by atoms with Crippen molar-refractivity contribution in [2.75, 3.05) is 6.54 Å². The van der Waals surface area contributed by atoms with E-state index < -0.39 is 5.60 Å². The zero-order valence-corrected chi connectivity index (χ0v) is 13.4. The predicted octanol–water partition coefficient (Wildman–Crippen LogP) is 3.41. The van der Waals surface area contributed by atoms with E-state index in [2.05, 4.69) is 38.1 Å². The van der Waals surface area contributed by atoms with Crippen molar-refractivity contribution in [1.82, 2.24) is 0 Å². The van der Waals surface area contributed by atoms with Gasteiger partial charge in [-0.1, -0.05) is 38.1 Å². The zero-order valence-electron chi connectivity index (χ0n) is 13.4. The summed E-state index contributed by atoms with van der Waals surface area (Å²) in [5.74, 6) is 1.03. The lowest BCUT2D eigenvalue weighted by Gasteiger charge is -2.55. The fourth-order valence-corrected chi connectivity index (χ4v) is 5.10. The number of fused-ring (bicyclic) bond motifs is 1. The van der Waals surface area contributed by atoms with Gasteiger partial charge in [-0.2, -0.15) is 0 Å². The van der Waals surface area contributed by atoms with Crippen LogP contribution in [0.25, 0.3) is 0 Å². The molecule has 0 spiro atoms. The van der Waals surface area contributed by atoms with Gasteiger partial charge < -0.3 is 10.8 Å². The smallest absolute Gasteiger partial charge is 0.0781 e. The van der Waals surface area contributed by atoms with Gasteiger partial charge in [0, 0.05) is 12.0 Å². The minimum Gasteiger partial charge on any atom is -0.389 e. The summed E-state index contributed by atoms with van der Waals surface area (Å²) in [7, 11) is 0. The maximum Gasteiger partial charge on any atom is 0.0781 e. The molecule has 1 aromatic rings. The molecule has 0 heterocycles. The number of benzene rings is 1. The monoisotopic (exact) mass is 287 g/mol. The van der Waals surface area contributed by atoms with Gasteiger partial charge in [-0.3, -0.25) is 0 Å². The molecule has 3 rings (SSSR count). The third kappa shape index (κ3) is 2.15. The van der Waals surface area contributed by atoms with Gasteiger partial charge >= 0.3 is 0 Å². The number of nitrogens with two attached hydrogens (primary N) is 1. The van der Waals surface area contributed by atoms with E-state index in [0.29, 0.717) is 18.4 Å². The molecule has 0 aliphatic heterocycles. The second-order valence-corrected chi connectivity index (χ2v) is 7.50. The van der Waals surface area contributed by atoms with Crippen LogP contribution in [0.3, 0.4) is 0 Å². The number of aryl methyl sites for hydroxylation is 1. The van der Waals surface area contributed by atoms with Crippen LogP contribution >= 0.6 is 0 Å². The van der Waals surface area contributed by atoms with Crippen molar-refractivity contribution >= 4 is 0 Å². The van der Waals surface area contributed by atoms with Crippen LogP contribution in [0.15, 0.2) is 24.3 Å². The van der Waals surface area contributed by atoms with Crippen LogP contribution in [0.5, 0.6) is 0 Å². The largest absolute Gasteiger partial charge is 0.389 e. The zero-order chi connectivity index (χ0) is 15.1. The predicted molar refractivity (Wildman–Crippen MR) is 87.2 cm³/mol. The number of hydrogen-bond donors (Lipinski definition) is 2. The van der Waals surface area contributed by atoms with Gasteiger partial charge in [-0.25, -0.2) is 0 Å². The van der Waals surface area contributed by atoms with E-state index in [-0.39, 0.29) is 5.41 Å². The van der Waals surface area contributed by atoms with Crippen LogP contribution in [0.4, 0.5) is 0 Å². The first kappa shape index (κ1) is 15.1. The molecule has 2 nitrogen and oxygen atoms in total. The quantitative estimate of drug-likeness (QED) is 0.875. The van der Waals surface area contributed by atoms with E-state index in [0.717, 1.165) is 38.5 Å². The fourth-order valence-electron chi connectivity index (χ4n) is 5.10. The molecular weight excluding hydrogens is 258 g/mol. The number of aliphatic hydroxyl groups is 1. The van der Waals surface area contributed by atoms with Crippen LogP contribution in [-0.4, -0.2) is 17.3 Å². The maximum absolute atomic E-state index is 11.7. The van der Waals surface area contributed by atoms with Gasteiger partial charge in [-0.05, 0) is 61.5 Å². The summed E-state index contributed by atoms with van der Waals surface area (Å²) < 4.78 is 0. The molecule has 1 saturated carbocycles. The third-order valence-electron chi connectivity index (χ3n) is 6.35. The van der Waals surface area contributed by atoms with Gasteiger partial charge in [0.25, 0.3) is 0 Å². The molecule has 21 heavy (non-hydrogen) atoms. The first-order valence-electron chi connectivity index (χ1n) is 8.54. The summed E-state index contributed by atoms with van der Waals surface area (Å²) in [4.78, 5) is 0.